The first kappa shape index (κ1) is 17.6. The molecule has 0 amide bonds. The van der Waals surface area contributed by atoms with Crippen LogP contribution in [0.25, 0.3) is 5.69 Å². The highest BCUT2D eigenvalue weighted by Crippen LogP contribution is 2.44. The smallest absolute Gasteiger partial charge is 0.283 e. The maximum Gasteiger partial charge on any atom is 0.283 e. The van der Waals surface area contributed by atoms with Crippen LogP contribution in [0.3, 0.4) is 0 Å². The molecule has 2 aromatic rings. The quantitative estimate of drug-likeness (QED) is 0.788. The Morgan fingerprint density at radius 3 is 2.81 bits per heavy atom. The molecule has 1 atom stereocenters. The first-order valence-corrected chi connectivity index (χ1v) is 10.4. The van der Waals surface area contributed by atoms with Gasteiger partial charge in [0, 0.05) is 30.6 Å². The Balaban J connectivity index is 1.67. The molecule has 4 heterocycles. The van der Waals surface area contributed by atoms with Crippen LogP contribution in [0.4, 0.5) is 0 Å². The van der Waals surface area contributed by atoms with Crippen molar-refractivity contribution in [3.63, 3.8) is 0 Å². The predicted octanol–water partition coefficient (Wildman–Crippen LogP) is 1.36. The third-order valence-corrected chi connectivity index (χ3v) is 6.85. The van der Waals surface area contributed by atoms with E-state index in [0.717, 1.165) is 16.8 Å². The van der Waals surface area contributed by atoms with Gasteiger partial charge in [0.1, 0.15) is 5.60 Å². The van der Waals surface area contributed by atoms with Crippen molar-refractivity contribution in [2.24, 2.45) is 10.7 Å². The van der Waals surface area contributed by atoms with Crippen molar-refractivity contribution in [2.45, 2.75) is 31.4 Å². The highest BCUT2D eigenvalue weighted by atomic mass is 32.2. The standard InChI is InChI=1S/C19H20N4O3S/c1-3-4-14-7-16(9-21-8-14)23-6-5-15(10-23)18(2)11-19(26-17(20)22-18)12-27(24,25)13-19/h5-10H,11-13H2,1-2H3,(H2,20,22). The van der Waals surface area contributed by atoms with Crippen LogP contribution in [-0.4, -0.2) is 41.1 Å². The van der Waals surface area contributed by atoms with Crippen LogP contribution in [0.1, 0.15) is 31.4 Å². The Hall–Kier alpha value is -2.79. The molecule has 7 nitrogen and oxygen atoms in total. The average molecular weight is 384 g/mol. The Morgan fingerprint density at radius 1 is 1.33 bits per heavy atom. The minimum absolute atomic E-state index is 0.0197. The topological polar surface area (TPSA) is 99.6 Å². The second kappa shape index (κ2) is 5.86. The lowest BCUT2D eigenvalue weighted by atomic mass is 9.82. The summed E-state index contributed by atoms with van der Waals surface area (Å²) in [6, 6.07) is 3.95. The molecule has 0 saturated carbocycles. The lowest BCUT2D eigenvalue weighted by Crippen LogP contribution is -2.62. The molecule has 0 aliphatic carbocycles. The van der Waals surface area contributed by atoms with E-state index >= 15 is 0 Å². The number of rotatable bonds is 2. The summed E-state index contributed by atoms with van der Waals surface area (Å²) in [6.45, 7) is 3.73. The zero-order chi connectivity index (χ0) is 19.3. The minimum Gasteiger partial charge on any atom is -0.457 e. The van der Waals surface area contributed by atoms with Crippen LogP contribution >= 0.6 is 0 Å². The molecular formula is C19H20N4O3S. The lowest BCUT2D eigenvalue weighted by Gasteiger charge is -2.47. The third-order valence-electron chi connectivity index (χ3n) is 4.92. The monoisotopic (exact) mass is 384 g/mol. The van der Waals surface area contributed by atoms with E-state index in [4.69, 9.17) is 10.5 Å². The van der Waals surface area contributed by atoms with Gasteiger partial charge < -0.3 is 15.0 Å². The molecule has 0 aromatic carbocycles. The SMILES string of the molecule is CC#Cc1cncc(-n2ccc(C3(C)CC4(CS(=O)(=O)C4)OC(N)=N3)c2)c1. The Labute approximate surface area is 158 Å². The highest BCUT2D eigenvalue weighted by molar-refractivity contribution is 7.93. The van der Waals surface area contributed by atoms with E-state index in [1.165, 1.54) is 0 Å². The number of pyridine rings is 1. The van der Waals surface area contributed by atoms with Gasteiger partial charge in [-0.2, -0.15) is 0 Å². The van der Waals surface area contributed by atoms with E-state index < -0.39 is 21.0 Å². The number of nitrogens with two attached hydrogens (primary N) is 1. The molecule has 2 aliphatic heterocycles. The molecule has 140 valence electrons. The van der Waals surface area contributed by atoms with Crippen molar-refractivity contribution in [3.8, 4) is 17.5 Å². The van der Waals surface area contributed by atoms with E-state index in [0.29, 0.717) is 6.42 Å². The Morgan fingerprint density at radius 2 is 2.11 bits per heavy atom. The van der Waals surface area contributed by atoms with Crippen LogP contribution in [-0.2, 0) is 20.1 Å². The van der Waals surface area contributed by atoms with Crippen molar-refractivity contribution in [3.05, 3.63) is 48.0 Å². The van der Waals surface area contributed by atoms with Crippen molar-refractivity contribution in [1.82, 2.24) is 9.55 Å². The van der Waals surface area contributed by atoms with Gasteiger partial charge in [-0.15, -0.1) is 5.92 Å². The number of sulfone groups is 1. The molecule has 0 bridgehead atoms. The van der Waals surface area contributed by atoms with Crippen molar-refractivity contribution in [1.29, 1.82) is 0 Å². The summed E-state index contributed by atoms with van der Waals surface area (Å²) in [4.78, 5) is 8.72. The molecule has 27 heavy (non-hydrogen) atoms. The zero-order valence-electron chi connectivity index (χ0n) is 15.1. The van der Waals surface area contributed by atoms with Crippen LogP contribution in [0.2, 0.25) is 0 Å². The molecule has 1 unspecified atom stereocenters. The maximum absolute atomic E-state index is 11.7. The van der Waals surface area contributed by atoms with Gasteiger partial charge in [0.25, 0.3) is 6.02 Å². The summed E-state index contributed by atoms with van der Waals surface area (Å²) < 4.78 is 31.0. The summed E-state index contributed by atoms with van der Waals surface area (Å²) in [5, 5.41) is 0. The van der Waals surface area contributed by atoms with Crippen LogP contribution in [0.5, 0.6) is 0 Å². The Kier molecular flexibility index (Phi) is 3.82. The summed E-state index contributed by atoms with van der Waals surface area (Å²) in [5.74, 6) is 5.82. The summed E-state index contributed by atoms with van der Waals surface area (Å²) >= 11 is 0. The minimum atomic E-state index is -3.06. The normalized spacial score (nSPS) is 24.9. The number of aromatic nitrogens is 2. The van der Waals surface area contributed by atoms with E-state index in [2.05, 4.69) is 21.8 Å². The second-order valence-electron chi connectivity index (χ2n) is 7.33. The predicted molar refractivity (Wildman–Crippen MR) is 102 cm³/mol. The number of nitrogens with zero attached hydrogens (tertiary/aromatic N) is 3. The number of hydrogen-bond donors (Lipinski definition) is 1. The van der Waals surface area contributed by atoms with Crippen LogP contribution in [0, 0.1) is 11.8 Å². The number of aliphatic imine (C=N–C) groups is 1. The second-order valence-corrected chi connectivity index (χ2v) is 9.40. The van der Waals surface area contributed by atoms with Crippen LogP contribution < -0.4 is 5.73 Å². The summed E-state index contributed by atoms with van der Waals surface area (Å²) in [5.41, 5.74) is 7.12. The van der Waals surface area contributed by atoms with Gasteiger partial charge in [-0.25, -0.2) is 13.4 Å². The highest BCUT2D eigenvalue weighted by Gasteiger charge is 2.57. The van der Waals surface area contributed by atoms with E-state index in [9.17, 15) is 8.42 Å². The fraction of sp³-hybridized carbons (Fsp3) is 0.368. The van der Waals surface area contributed by atoms with Crippen molar-refractivity contribution >= 4 is 15.9 Å². The van der Waals surface area contributed by atoms with Crippen molar-refractivity contribution < 1.29 is 13.2 Å². The fourth-order valence-electron chi connectivity index (χ4n) is 3.94. The molecule has 0 radical (unpaired) electrons. The summed E-state index contributed by atoms with van der Waals surface area (Å²) in [6.07, 6.45) is 7.82. The summed E-state index contributed by atoms with van der Waals surface area (Å²) in [7, 11) is -3.06. The van der Waals surface area contributed by atoms with E-state index in [1.54, 1.807) is 19.3 Å². The van der Waals surface area contributed by atoms with E-state index in [1.807, 2.05) is 36.0 Å². The van der Waals surface area contributed by atoms with Gasteiger partial charge in [-0.05, 0) is 31.5 Å². The first-order valence-electron chi connectivity index (χ1n) is 8.54. The molecule has 1 spiro atoms. The van der Waals surface area contributed by atoms with Gasteiger partial charge in [0.15, 0.2) is 9.84 Å². The molecule has 4 rings (SSSR count). The average Bonchev–Trinajstić information content (AvgIpc) is 3.03. The Bertz CT molecular complexity index is 1100. The largest absolute Gasteiger partial charge is 0.457 e. The van der Waals surface area contributed by atoms with Crippen LogP contribution in [0.15, 0.2) is 41.9 Å². The van der Waals surface area contributed by atoms with Gasteiger partial charge in [0.2, 0.25) is 0 Å². The fourth-order valence-corrected chi connectivity index (χ4v) is 5.78. The molecule has 2 N–H and O–H groups in total. The van der Waals surface area contributed by atoms with Gasteiger partial charge in [-0.1, -0.05) is 5.92 Å². The number of amidine groups is 1. The molecule has 8 heteroatoms. The first-order chi connectivity index (χ1) is 12.7. The van der Waals surface area contributed by atoms with Gasteiger partial charge >= 0.3 is 0 Å². The van der Waals surface area contributed by atoms with Gasteiger partial charge in [0.05, 0.1) is 28.9 Å². The molecule has 1 saturated heterocycles. The maximum atomic E-state index is 11.7. The number of ether oxygens (including phenoxy) is 1. The van der Waals surface area contributed by atoms with Gasteiger partial charge in [-0.3, -0.25) is 4.98 Å². The third kappa shape index (κ3) is 3.19. The molecular weight excluding hydrogens is 364 g/mol. The molecule has 1 fully saturated rings. The molecule has 2 aliphatic rings. The number of hydrogen-bond acceptors (Lipinski definition) is 6. The van der Waals surface area contributed by atoms with E-state index in [-0.39, 0.29) is 17.5 Å². The zero-order valence-corrected chi connectivity index (χ0v) is 16.0. The van der Waals surface area contributed by atoms with Crippen molar-refractivity contribution in [2.75, 3.05) is 11.5 Å². The molecule has 2 aromatic heterocycles. The lowest BCUT2D eigenvalue weighted by molar-refractivity contribution is 0.0318.